The minimum Gasteiger partial charge on any atom is -0.480 e. The molecule has 3 aromatic carbocycles. The van der Waals surface area contributed by atoms with Crippen molar-refractivity contribution >= 4 is 69.3 Å². The third-order valence-corrected chi connectivity index (χ3v) is 7.72. The summed E-state index contributed by atoms with van der Waals surface area (Å²) in [6.07, 6.45) is 0.697. The molecular formula is C28H25Cl2IN2O5. The average Bonchev–Trinajstić information content (AvgIpc) is 2.98. The summed E-state index contributed by atoms with van der Waals surface area (Å²) < 4.78 is 0.737. The number of carbonyl (C=O) groups excluding carboxylic acids is 2. The number of amides is 2. The van der Waals surface area contributed by atoms with Crippen molar-refractivity contribution in [3.8, 4) is 0 Å². The monoisotopic (exact) mass is 666 g/mol. The first kappa shape index (κ1) is 28.4. The van der Waals surface area contributed by atoms with Crippen molar-refractivity contribution in [2.45, 2.75) is 37.9 Å². The van der Waals surface area contributed by atoms with Crippen molar-refractivity contribution in [1.82, 2.24) is 4.90 Å². The molecule has 198 valence electrons. The van der Waals surface area contributed by atoms with Crippen molar-refractivity contribution in [3.05, 3.63) is 97.0 Å². The Bertz CT molecular complexity index is 1350. The van der Waals surface area contributed by atoms with Gasteiger partial charge in [0.2, 0.25) is 0 Å². The summed E-state index contributed by atoms with van der Waals surface area (Å²) in [5.74, 6) is -2.27. The molecule has 4 rings (SSSR count). The lowest BCUT2D eigenvalue weighted by Crippen LogP contribution is -2.50. The highest BCUT2D eigenvalue weighted by atomic mass is 127. The van der Waals surface area contributed by atoms with E-state index in [2.05, 4.69) is 22.6 Å². The molecular weight excluding hydrogens is 642 g/mol. The van der Waals surface area contributed by atoms with Crippen LogP contribution in [0.25, 0.3) is 0 Å². The number of halogens is 3. The smallest absolute Gasteiger partial charge is 0.326 e. The Labute approximate surface area is 244 Å². The van der Waals surface area contributed by atoms with E-state index >= 15 is 0 Å². The molecule has 0 aliphatic carbocycles. The number of rotatable bonds is 8. The maximum absolute atomic E-state index is 14.5. The van der Waals surface area contributed by atoms with Crippen LogP contribution in [0.2, 0.25) is 10.0 Å². The van der Waals surface area contributed by atoms with Gasteiger partial charge in [0, 0.05) is 13.6 Å². The summed E-state index contributed by atoms with van der Waals surface area (Å²) >= 11 is 14.3. The molecule has 1 aliphatic rings. The lowest BCUT2D eigenvalue weighted by atomic mass is 9.97. The summed E-state index contributed by atoms with van der Waals surface area (Å²) in [4.78, 5) is 43.9. The Morgan fingerprint density at radius 1 is 1.00 bits per heavy atom. The van der Waals surface area contributed by atoms with E-state index < -0.39 is 42.5 Å². The fourth-order valence-corrected chi connectivity index (χ4v) is 5.53. The van der Waals surface area contributed by atoms with Crippen molar-refractivity contribution in [1.29, 1.82) is 0 Å². The molecule has 3 aromatic rings. The molecule has 3 unspecified atom stereocenters. The van der Waals surface area contributed by atoms with E-state index in [1.807, 2.05) is 6.92 Å². The molecule has 7 nitrogen and oxygen atoms in total. The SMILES string of the molecule is CCCC(C(=O)O)N1C(=O)C(c2ccc(Cl)cc2)N(C(CO)c2ccc(Cl)cc2)C(=O)c2cc(I)ccc21. The molecule has 3 atom stereocenters. The summed E-state index contributed by atoms with van der Waals surface area (Å²) in [5, 5.41) is 21.7. The zero-order chi connectivity index (χ0) is 27.6. The molecule has 0 radical (unpaired) electrons. The largest absolute Gasteiger partial charge is 0.480 e. The van der Waals surface area contributed by atoms with Crippen LogP contribution >= 0.6 is 45.8 Å². The topological polar surface area (TPSA) is 98.2 Å². The molecule has 0 spiro atoms. The first-order chi connectivity index (χ1) is 18.2. The number of benzene rings is 3. The maximum Gasteiger partial charge on any atom is 0.326 e. The van der Waals surface area contributed by atoms with Gasteiger partial charge < -0.3 is 15.1 Å². The standard InChI is InChI=1S/C28H25Cl2IN2O5/c1-2-3-23(28(37)38)32-22-13-12-20(31)14-21(22)26(35)33(24(15-34)16-4-8-18(29)9-5-16)25(27(32)36)17-6-10-19(30)11-7-17/h4-14,23-25,34H,2-3,15H2,1H3,(H,37,38). The Balaban J connectivity index is 2.02. The molecule has 1 aliphatic heterocycles. The fraction of sp³-hybridized carbons (Fsp3) is 0.250. The highest BCUT2D eigenvalue weighted by Gasteiger charge is 2.46. The van der Waals surface area contributed by atoms with E-state index in [0.717, 1.165) is 3.57 Å². The highest BCUT2D eigenvalue weighted by Crippen LogP contribution is 2.41. The number of aliphatic hydroxyl groups is 1. The van der Waals surface area contributed by atoms with Gasteiger partial charge in [-0.3, -0.25) is 14.5 Å². The Kier molecular flexibility index (Phi) is 8.97. The number of carboxylic acids is 1. The predicted octanol–water partition coefficient (Wildman–Crippen LogP) is 6.12. The van der Waals surface area contributed by atoms with Crippen molar-refractivity contribution in [3.63, 3.8) is 0 Å². The minimum atomic E-state index is -1.24. The summed E-state index contributed by atoms with van der Waals surface area (Å²) in [5.41, 5.74) is 1.40. The van der Waals surface area contributed by atoms with Crippen LogP contribution in [0.5, 0.6) is 0 Å². The Morgan fingerprint density at radius 2 is 1.61 bits per heavy atom. The van der Waals surface area contributed by atoms with E-state index in [9.17, 15) is 24.6 Å². The first-order valence-electron chi connectivity index (χ1n) is 12.0. The lowest BCUT2D eigenvalue weighted by molar-refractivity contribution is -0.141. The Hall–Kier alpha value is -2.66. The van der Waals surface area contributed by atoms with Gasteiger partial charge in [0.1, 0.15) is 12.1 Å². The number of anilines is 1. The summed E-state index contributed by atoms with van der Waals surface area (Å²) in [7, 11) is 0. The normalized spacial score (nSPS) is 17.1. The average molecular weight is 667 g/mol. The molecule has 10 heteroatoms. The third kappa shape index (κ3) is 5.54. The summed E-state index contributed by atoms with van der Waals surface area (Å²) in [6.45, 7) is 1.35. The maximum atomic E-state index is 14.5. The first-order valence-corrected chi connectivity index (χ1v) is 13.8. The number of hydrogen-bond donors (Lipinski definition) is 2. The molecule has 0 aromatic heterocycles. The zero-order valence-electron chi connectivity index (χ0n) is 20.4. The van der Waals surface area contributed by atoms with Crippen LogP contribution in [0.4, 0.5) is 5.69 Å². The second-order valence-electron chi connectivity index (χ2n) is 8.93. The van der Waals surface area contributed by atoms with Crippen LogP contribution in [0, 0.1) is 3.57 Å². The molecule has 38 heavy (non-hydrogen) atoms. The predicted molar refractivity (Wildman–Crippen MR) is 155 cm³/mol. The van der Waals surface area contributed by atoms with Crippen LogP contribution in [-0.4, -0.2) is 45.5 Å². The van der Waals surface area contributed by atoms with Crippen LogP contribution in [0.15, 0.2) is 66.7 Å². The van der Waals surface area contributed by atoms with E-state index in [1.54, 1.807) is 66.7 Å². The van der Waals surface area contributed by atoms with Crippen molar-refractivity contribution in [2.75, 3.05) is 11.5 Å². The zero-order valence-corrected chi connectivity index (χ0v) is 24.0. The number of aliphatic hydroxyl groups excluding tert-OH is 1. The molecule has 2 amide bonds. The van der Waals surface area contributed by atoms with Gasteiger partial charge in [0.15, 0.2) is 0 Å². The van der Waals surface area contributed by atoms with Gasteiger partial charge in [-0.15, -0.1) is 0 Å². The van der Waals surface area contributed by atoms with E-state index in [-0.39, 0.29) is 17.7 Å². The number of hydrogen-bond acceptors (Lipinski definition) is 4. The van der Waals surface area contributed by atoms with Crippen molar-refractivity contribution in [2.24, 2.45) is 0 Å². The van der Waals surface area contributed by atoms with E-state index in [4.69, 9.17) is 23.2 Å². The van der Waals surface area contributed by atoms with E-state index in [1.165, 1.54) is 9.80 Å². The van der Waals surface area contributed by atoms with Crippen molar-refractivity contribution < 1.29 is 24.6 Å². The fourth-order valence-electron chi connectivity index (χ4n) is 4.78. The number of aliphatic carboxylic acids is 1. The molecule has 0 bridgehead atoms. The van der Waals surface area contributed by atoms with Gasteiger partial charge in [-0.25, -0.2) is 4.79 Å². The van der Waals surface area contributed by atoms with Gasteiger partial charge in [-0.1, -0.05) is 60.8 Å². The second-order valence-corrected chi connectivity index (χ2v) is 11.0. The molecule has 0 saturated heterocycles. The van der Waals surface area contributed by atoms with Crippen LogP contribution in [0.1, 0.15) is 53.3 Å². The van der Waals surface area contributed by atoms with Crippen LogP contribution < -0.4 is 4.90 Å². The van der Waals surface area contributed by atoms with Crippen LogP contribution in [-0.2, 0) is 9.59 Å². The minimum absolute atomic E-state index is 0.177. The van der Waals surface area contributed by atoms with E-state index in [0.29, 0.717) is 27.6 Å². The quantitative estimate of drug-likeness (QED) is 0.283. The number of nitrogens with zero attached hydrogens (tertiary/aromatic N) is 2. The second kappa shape index (κ2) is 12.0. The third-order valence-electron chi connectivity index (χ3n) is 6.54. The molecule has 2 N–H and O–H groups in total. The number of carboxylic acid groups (broad SMARTS) is 1. The van der Waals surface area contributed by atoms with Crippen LogP contribution in [0.3, 0.4) is 0 Å². The number of fused-ring (bicyclic) bond motifs is 1. The van der Waals surface area contributed by atoms with Gasteiger partial charge in [-0.05, 0) is 82.6 Å². The van der Waals surface area contributed by atoms with Gasteiger partial charge >= 0.3 is 5.97 Å². The number of carbonyl (C=O) groups is 3. The van der Waals surface area contributed by atoms with Gasteiger partial charge in [0.25, 0.3) is 11.8 Å². The molecule has 0 saturated carbocycles. The Morgan fingerprint density at radius 3 is 2.16 bits per heavy atom. The molecule has 1 heterocycles. The molecule has 0 fully saturated rings. The highest BCUT2D eigenvalue weighted by molar-refractivity contribution is 14.1. The van der Waals surface area contributed by atoms with Gasteiger partial charge in [0.05, 0.1) is 23.9 Å². The summed E-state index contributed by atoms with van der Waals surface area (Å²) in [6, 6.07) is 14.8. The van der Waals surface area contributed by atoms with Gasteiger partial charge in [-0.2, -0.15) is 0 Å². The lowest BCUT2D eigenvalue weighted by Gasteiger charge is -2.37.